The van der Waals surface area contributed by atoms with Crippen molar-refractivity contribution in [2.24, 2.45) is 5.92 Å². The van der Waals surface area contributed by atoms with Crippen molar-refractivity contribution in [3.63, 3.8) is 0 Å². The van der Waals surface area contributed by atoms with Crippen LogP contribution in [0.15, 0.2) is 60.7 Å². The van der Waals surface area contributed by atoms with Crippen molar-refractivity contribution < 1.29 is 23.9 Å². The lowest BCUT2D eigenvalue weighted by Gasteiger charge is -2.16. The van der Waals surface area contributed by atoms with Gasteiger partial charge in [0, 0.05) is 12.6 Å². The van der Waals surface area contributed by atoms with Crippen molar-refractivity contribution in [2.75, 3.05) is 13.1 Å². The van der Waals surface area contributed by atoms with Crippen LogP contribution in [0.5, 0.6) is 0 Å². The topological polar surface area (TPSA) is 93.7 Å². The van der Waals surface area contributed by atoms with Gasteiger partial charge in [-0.3, -0.25) is 14.4 Å². The minimum Gasteiger partial charge on any atom is -0.460 e. The molecule has 2 aromatic rings. The first kappa shape index (κ1) is 25.1. The lowest BCUT2D eigenvalue weighted by molar-refractivity contribution is -0.166. The quantitative estimate of drug-likeness (QED) is 0.283. The summed E-state index contributed by atoms with van der Waals surface area (Å²) in [7, 11) is 0. The Hall–Kier alpha value is -3.19. The minimum absolute atomic E-state index is 0.0315. The van der Waals surface area contributed by atoms with Gasteiger partial charge in [0.2, 0.25) is 11.8 Å². The number of nitrogens with one attached hydrogen (secondary N) is 2. The molecule has 0 aromatic heterocycles. The van der Waals surface area contributed by atoms with Gasteiger partial charge in [0.25, 0.3) is 0 Å². The molecule has 0 spiro atoms. The summed E-state index contributed by atoms with van der Waals surface area (Å²) < 4.78 is 10.5. The third-order valence-corrected chi connectivity index (χ3v) is 4.64. The van der Waals surface area contributed by atoms with E-state index >= 15 is 0 Å². The number of amides is 1. The number of carbonyl (C=O) groups is 3. The van der Waals surface area contributed by atoms with Crippen molar-refractivity contribution in [2.45, 2.75) is 45.9 Å². The lowest BCUT2D eigenvalue weighted by atomic mass is 10.1. The summed E-state index contributed by atoms with van der Waals surface area (Å²) in [5.41, 5.74) is 1.52. The maximum atomic E-state index is 12.7. The van der Waals surface area contributed by atoms with Crippen molar-refractivity contribution in [3.8, 4) is 0 Å². The molecule has 0 aliphatic rings. The number of hydrogen-bond donors (Lipinski definition) is 2. The predicted molar refractivity (Wildman–Crippen MR) is 121 cm³/mol. The predicted octanol–water partition coefficient (Wildman–Crippen LogP) is 2.98. The normalized spacial score (nSPS) is 10.8. The maximum Gasteiger partial charge on any atom is 0.330 e. The second kappa shape index (κ2) is 14.0. The van der Waals surface area contributed by atoms with E-state index in [0.29, 0.717) is 12.6 Å². The van der Waals surface area contributed by atoms with Crippen LogP contribution in [-0.2, 0) is 37.1 Å². The van der Waals surface area contributed by atoms with Crippen LogP contribution in [0.25, 0.3) is 0 Å². The van der Waals surface area contributed by atoms with Crippen LogP contribution in [-0.4, -0.2) is 37.0 Å². The van der Waals surface area contributed by atoms with Gasteiger partial charge < -0.3 is 20.1 Å². The first-order valence-electron chi connectivity index (χ1n) is 10.9. The Morgan fingerprint density at radius 3 is 1.69 bits per heavy atom. The van der Waals surface area contributed by atoms with E-state index < -0.39 is 23.8 Å². The zero-order chi connectivity index (χ0) is 23.2. The fourth-order valence-corrected chi connectivity index (χ4v) is 2.89. The molecule has 172 valence electrons. The first-order chi connectivity index (χ1) is 15.5. The Balaban J connectivity index is 1.93. The Bertz CT molecular complexity index is 784. The van der Waals surface area contributed by atoms with Crippen molar-refractivity contribution in [1.82, 2.24) is 10.6 Å². The van der Waals surface area contributed by atoms with Crippen LogP contribution in [0, 0.1) is 5.92 Å². The third-order valence-electron chi connectivity index (χ3n) is 4.64. The van der Waals surface area contributed by atoms with Crippen LogP contribution in [0.1, 0.15) is 37.8 Å². The molecule has 0 fully saturated rings. The highest BCUT2D eigenvalue weighted by molar-refractivity contribution is 6.14. The number of ether oxygens (including phenoxy) is 2. The van der Waals surface area contributed by atoms with Gasteiger partial charge >= 0.3 is 11.9 Å². The zero-order valence-electron chi connectivity index (χ0n) is 18.7. The highest BCUT2D eigenvalue weighted by Gasteiger charge is 2.37. The molecule has 7 nitrogen and oxygen atoms in total. The average Bonchev–Trinajstić information content (AvgIpc) is 2.80. The van der Waals surface area contributed by atoms with Crippen LogP contribution >= 0.6 is 0 Å². The fourth-order valence-electron chi connectivity index (χ4n) is 2.89. The molecule has 0 aliphatic heterocycles. The molecule has 0 saturated heterocycles. The monoisotopic (exact) mass is 440 g/mol. The highest BCUT2D eigenvalue weighted by Crippen LogP contribution is 2.10. The molecule has 0 atom stereocenters. The Morgan fingerprint density at radius 1 is 0.750 bits per heavy atom. The van der Waals surface area contributed by atoms with E-state index in [0.717, 1.165) is 30.5 Å². The number of hydrogen-bond acceptors (Lipinski definition) is 6. The summed E-state index contributed by atoms with van der Waals surface area (Å²) in [6.07, 6.45) is 1.58. The van der Waals surface area contributed by atoms with E-state index in [1.807, 2.05) is 36.4 Å². The van der Waals surface area contributed by atoms with Crippen molar-refractivity contribution in [3.05, 3.63) is 71.8 Å². The van der Waals surface area contributed by atoms with Gasteiger partial charge in [-0.2, -0.15) is 0 Å². The highest BCUT2D eigenvalue weighted by atomic mass is 16.6. The van der Waals surface area contributed by atoms with Gasteiger partial charge in [-0.15, -0.1) is 0 Å². The molecule has 0 saturated carbocycles. The molecule has 1 amide bonds. The van der Waals surface area contributed by atoms with E-state index in [-0.39, 0.29) is 13.2 Å². The first-order valence-corrected chi connectivity index (χ1v) is 10.9. The largest absolute Gasteiger partial charge is 0.460 e. The second-order valence-corrected chi connectivity index (χ2v) is 7.73. The van der Waals surface area contributed by atoms with Gasteiger partial charge in [-0.25, -0.2) is 0 Å². The molecule has 2 rings (SSSR count). The van der Waals surface area contributed by atoms with E-state index in [9.17, 15) is 14.4 Å². The summed E-state index contributed by atoms with van der Waals surface area (Å²) in [5.74, 6) is -4.23. The Kier molecular flexibility index (Phi) is 11.0. The summed E-state index contributed by atoms with van der Waals surface area (Å²) in [5, 5.41) is 5.96. The van der Waals surface area contributed by atoms with E-state index in [2.05, 4.69) is 24.5 Å². The van der Waals surface area contributed by atoms with Crippen molar-refractivity contribution in [1.29, 1.82) is 0 Å². The molecular weight excluding hydrogens is 408 g/mol. The molecule has 0 heterocycles. The number of rotatable bonds is 13. The summed E-state index contributed by atoms with van der Waals surface area (Å²) in [6.45, 7) is 5.25. The average molecular weight is 441 g/mol. The molecule has 0 bridgehead atoms. The number of unbranched alkanes of at least 4 members (excludes halogenated alkanes) is 1. The van der Waals surface area contributed by atoms with Gasteiger partial charge in [0.15, 0.2) is 0 Å². The van der Waals surface area contributed by atoms with Gasteiger partial charge in [0.05, 0.1) is 0 Å². The van der Waals surface area contributed by atoms with E-state index in [1.54, 1.807) is 24.3 Å². The zero-order valence-corrected chi connectivity index (χ0v) is 18.7. The van der Waals surface area contributed by atoms with Gasteiger partial charge in [-0.05, 0) is 30.5 Å². The smallest absolute Gasteiger partial charge is 0.330 e. The number of esters is 2. The summed E-state index contributed by atoms with van der Waals surface area (Å²) >= 11 is 0. The molecule has 0 aliphatic carbocycles. The number of benzene rings is 2. The maximum absolute atomic E-state index is 12.7. The summed E-state index contributed by atoms with van der Waals surface area (Å²) in [6, 6.07) is 18.5. The van der Waals surface area contributed by atoms with Gasteiger partial charge in [0.1, 0.15) is 13.2 Å². The lowest BCUT2D eigenvalue weighted by Crippen LogP contribution is -2.42. The summed E-state index contributed by atoms with van der Waals surface area (Å²) in [4.78, 5) is 37.9. The molecule has 7 heteroatoms. The molecular formula is C25H32N2O5. The number of carbonyl (C=O) groups excluding carboxylic acids is 3. The van der Waals surface area contributed by atoms with Crippen LogP contribution in [0.4, 0.5) is 0 Å². The van der Waals surface area contributed by atoms with Crippen LogP contribution in [0.2, 0.25) is 0 Å². The standard InChI is InChI=1S/C25H32N2O5/c1-19(2)26-15-9-10-16-27-23(28)22(24(29)31-17-20-11-5-3-6-12-20)25(30)32-18-21-13-7-4-8-14-21/h3-8,11-14,19,22,26H,9-10,15-18H2,1-2H3,(H,27,28). The Labute approximate surface area is 189 Å². The molecule has 0 radical (unpaired) electrons. The van der Waals surface area contributed by atoms with Crippen LogP contribution < -0.4 is 10.6 Å². The molecule has 0 unspecified atom stereocenters. The molecule has 32 heavy (non-hydrogen) atoms. The minimum atomic E-state index is -1.67. The van der Waals surface area contributed by atoms with E-state index in [1.165, 1.54) is 0 Å². The molecule has 2 aromatic carbocycles. The van der Waals surface area contributed by atoms with Gasteiger partial charge in [-0.1, -0.05) is 74.5 Å². The fraction of sp³-hybridized carbons (Fsp3) is 0.400. The third kappa shape index (κ3) is 9.31. The van der Waals surface area contributed by atoms with Crippen molar-refractivity contribution >= 4 is 17.8 Å². The second-order valence-electron chi connectivity index (χ2n) is 7.73. The molecule has 2 N–H and O–H groups in total. The SMILES string of the molecule is CC(C)NCCCCNC(=O)C(C(=O)OCc1ccccc1)C(=O)OCc1ccccc1. The van der Waals surface area contributed by atoms with E-state index in [4.69, 9.17) is 9.47 Å². The Morgan fingerprint density at radius 2 is 1.22 bits per heavy atom. The van der Waals surface area contributed by atoms with Crippen LogP contribution in [0.3, 0.4) is 0 Å².